The predicted molar refractivity (Wildman–Crippen MR) is 201 cm³/mol. The molecular weight excluding hydrogens is 792 g/mol. The van der Waals surface area contributed by atoms with Crippen LogP contribution < -0.4 is 5.30 Å². The van der Waals surface area contributed by atoms with Crippen LogP contribution in [0.3, 0.4) is 0 Å². The van der Waals surface area contributed by atoms with Crippen LogP contribution in [-0.4, -0.2) is 60.6 Å². The molecule has 0 aromatic heterocycles. The molecule has 0 atom stereocenters. The molecule has 0 heterocycles. The molecule has 0 aliphatic heterocycles. The molecule has 4 fully saturated rings. The summed E-state index contributed by atoms with van der Waals surface area (Å²) >= 11 is -2.61. The van der Waals surface area contributed by atoms with E-state index in [0.29, 0.717) is 0 Å². The van der Waals surface area contributed by atoms with Crippen molar-refractivity contribution in [1.29, 1.82) is 0 Å². The molecule has 8 heteroatoms. The second-order valence-electron chi connectivity index (χ2n) is 14.4. The Kier molecular flexibility index (Phi) is 21.3. The fourth-order valence-electron chi connectivity index (χ4n) is 9.48. The normalized spacial score (nSPS) is 21.4. The van der Waals surface area contributed by atoms with Gasteiger partial charge in [0.2, 0.25) is 0 Å². The van der Waals surface area contributed by atoms with Crippen LogP contribution in [0.25, 0.3) is 0 Å². The average molecular weight is 858 g/mol. The third-order valence-electron chi connectivity index (χ3n) is 11.6. The van der Waals surface area contributed by atoms with Crippen molar-refractivity contribution in [3.63, 3.8) is 0 Å². The van der Waals surface area contributed by atoms with Crippen molar-refractivity contribution in [2.24, 2.45) is 0 Å². The van der Waals surface area contributed by atoms with Crippen LogP contribution in [0.15, 0.2) is 30.3 Å². The van der Waals surface area contributed by atoms with Crippen LogP contribution in [0.1, 0.15) is 141 Å². The first-order chi connectivity index (χ1) is 21.1. The number of hydrogen-bond acceptors (Lipinski definition) is 1. The second-order valence-corrected chi connectivity index (χ2v) is 24.2. The number of benzene rings is 1. The molecular formula is C36H66O3P3ReS+3. The zero-order valence-electron chi connectivity index (χ0n) is 27.7. The fraction of sp³-hybridized carbons (Fsp3) is 0.833. The monoisotopic (exact) mass is 858 g/mol. The van der Waals surface area contributed by atoms with Crippen molar-refractivity contribution in [3.05, 3.63) is 30.3 Å². The molecule has 0 unspecified atom stereocenters. The topological polar surface area (TPSA) is 57.5 Å². The summed E-state index contributed by atoms with van der Waals surface area (Å²) < 4.78 is 22.8. The molecule has 4 aliphatic carbocycles. The summed E-state index contributed by atoms with van der Waals surface area (Å²) in [6.07, 6.45) is 41.0. The molecule has 1 radical (unpaired) electrons. The van der Waals surface area contributed by atoms with Crippen molar-refractivity contribution in [1.82, 2.24) is 0 Å². The average Bonchev–Trinajstić information content (AvgIpc) is 3.06. The van der Waals surface area contributed by atoms with Crippen molar-refractivity contribution in [2.45, 2.75) is 164 Å². The summed E-state index contributed by atoms with van der Waals surface area (Å²) in [4.78, 5) is 0. The van der Waals surface area contributed by atoms with E-state index in [9.17, 15) is 0 Å². The molecule has 5 rings (SSSR count). The maximum atomic E-state index is 8.67. The fourth-order valence-corrected chi connectivity index (χ4v) is 21.6. The van der Waals surface area contributed by atoms with Crippen LogP contribution >= 0.6 is 23.8 Å². The zero-order valence-corrected chi connectivity index (χ0v) is 34.2. The molecule has 44 heavy (non-hydrogen) atoms. The SMILES string of the molecule is O=S(O)O.[Re].c1ccc([PH+](CCC[PH+](C2CCCCC2)C2CCCCC2)CCC[PH+](C2CCCCC2)C2CCCCC2)cc1. The van der Waals surface area contributed by atoms with Crippen molar-refractivity contribution in [2.75, 3.05) is 24.6 Å². The Morgan fingerprint density at radius 3 is 1.11 bits per heavy atom. The van der Waals surface area contributed by atoms with E-state index < -0.39 is 19.3 Å². The van der Waals surface area contributed by atoms with Gasteiger partial charge in [-0.1, -0.05) is 43.9 Å². The largest absolute Gasteiger partial charge is 0.299 e. The first-order valence-electron chi connectivity index (χ1n) is 18.5. The Balaban J connectivity index is 0.000000998. The molecule has 0 amide bonds. The molecule has 3 nitrogen and oxygen atoms in total. The Labute approximate surface area is 291 Å². The van der Waals surface area contributed by atoms with E-state index in [0.717, 1.165) is 0 Å². The minimum atomic E-state index is -2.61. The molecule has 4 saturated carbocycles. The van der Waals surface area contributed by atoms with E-state index >= 15 is 0 Å². The van der Waals surface area contributed by atoms with E-state index in [1.807, 2.05) is 0 Å². The Hall–Kier alpha value is 1.24. The van der Waals surface area contributed by atoms with Gasteiger partial charge in [0.15, 0.2) is 0 Å². The van der Waals surface area contributed by atoms with E-state index in [1.54, 1.807) is 146 Å². The van der Waals surface area contributed by atoms with Crippen LogP contribution in [0.5, 0.6) is 0 Å². The summed E-state index contributed by atoms with van der Waals surface area (Å²) in [7, 11) is -0.727. The molecule has 1 aromatic carbocycles. The minimum Gasteiger partial charge on any atom is -0.284 e. The quantitative estimate of drug-likeness (QED) is 0.153. The molecule has 0 bridgehead atoms. The molecule has 0 saturated heterocycles. The Morgan fingerprint density at radius 1 is 0.523 bits per heavy atom. The smallest absolute Gasteiger partial charge is 0.284 e. The summed E-state index contributed by atoms with van der Waals surface area (Å²) in [6.45, 7) is 0. The van der Waals surface area contributed by atoms with E-state index in [-0.39, 0.29) is 36.3 Å². The van der Waals surface area contributed by atoms with Gasteiger partial charge >= 0.3 is 0 Å². The standard InChI is InChI=1S/C36H61P3.H2O3S.Re/c1-6-18-32(19-7-1)37(28-16-30-38(33-20-8-2-9-21-33)34-22-10-3-11-23-34)29-17-31-39(35-24-12-4-13-25-35)36-26-14-5-15-27-36;1-4(2)3;/h1,6-7,18-19,33-36H,2-5,8-17,20-31H2;(H2,1,2,3);/p+3. The van der Waals surface area contributed by atoms with Crippen LogP contribution in [-0.2, 0) is 31.8 Å². The first kappa shape index (κ1) is 39.7. The van der Waals surface area contributed by atoms with Gasteiger partial charge in [0, 0.05) is 57.0 Å². The van der Waals surface area contributed by atoms with Crippen LogP contribution in [0.2, 0.25) is 0 Å². The van der Waals surface area contributed by atoms with Gasteiger partial charge < -0.3 is 0 Å². The zero-order chi connectivity index (χ0) is 30.1. The van der Waals surface area contributed by atoms with Gasteiger partial charge in [0.25, 0.3) is 11.4 Å². The molecule has 253 valence electrons. The maximum absolute atomic E-state index is 8.67. The van der Waals surface area contributed by atoms with Crippen LogP contribution in [0, 0.1) is 0 Å². The van der Waals surface area contributed by atoms with Crippen molar-refractivity contribution in [3.8, 4) is 0 Å². The van der Waals surface area contributed by atoms with Gasteiger partial charge in [-0.15, -0.1) is 0 Å². The van der Waals surface area contributed by atoms with Gasteiger partial charge in [-0.05, 0) is 115 Å². The van der Waals surface area contributed by atoms with E-state index in [4.69, 9.17) is 13.3 Å². The molecule has 0 spiro atoms. The van der Waals surface area contributed by atoms with Crippen LogP contribution in [0.4, 0.5) is 0 Å². The summed E-state index contributed by atoms with van der Waals surface area (Å²) in [6, 6.07) is 12.0. The maximum Gasteiger partial charge on any atom is 0.299 e. The van der Waals surface area contributed by atoms with E-state index in [2.05, 4.69) is 30.3 Å². The van der Waals surface area contributed by atoms with Gasteiger partial charge in [0.05, 0.1) is 52.6 Å². The van der Waals surface area contributed by atoms with Gasteiger partial charge in [-0.2, -0.15) is 4.21 Å². The summed E-state index contributed by atoms with van der Waals surface area (Å²) in [5, 5.41) is 1.77. The Morgan fingerprint density at radius 2 is 0.818 bits per heavy atom. The minimum absolute atomic E-state index is 0. The van der Waals surface area contributed by atoms with Crippen molar-refractivity contribution < 1.29 is 33.7 Å². The molecule has 2 N–H and O–H groups in total. The predicted octanol–water partition coefficient (Wildman–Crippen LogP) is 10.7. The summed E-state index contributed by atoms with van der Waals surface area (Å²) in [5.41, 5.74) is 4.71. The molecule has 4 aliphatic rings. The third kappa shape index (κ3) is 14.4. The van der Waals surface area contributed by atoms with Gasteiger partial charge in [0.1, 0.15) is 0 Å². The molecule has 1 aromatic rings. The first-order valence-corrected chi connectivity index (χ1v) is 25.2. The summed E-state index contributed by atoms with van der Waals surface area (Å²) in [5.74, 6) is 0. The second kappa shape index (κ2) is 23.6. The number of hydrogen-bond donors (Lipinski definition) is 2. The van der Waals surface area contributed by atoms with Crippen molar-refractivity contribution >= 4 is 40.4 Å². The Bertz CT molecular complexity index is 787. The van der Waals surface area contributed by atoms with Gasteiger partial charge in [-0.3, -0.25) is 9.11 Å². The number of rotatable bonds is 13. The third-order valence-corrected chi connectivity index (χ3v) is 23.0. The van der Waals surface area contributed by atoms with Gasteiger partial charge in [-0.25, -0.2) is 0 Å². The van der Waals surface area contributed by atoms with E-state index in [1.165, 1.54) is 48.3 Å².